The highest BCUT2D eigenvalue weighted by atomic mass is 32.2. The third-order valence-electron chi connectivity index (χ3n) is 5.42. The van der Waals surface area contributed by atoms with E-state index in [2.05, 4.69) is 5.32 Å². The van der Waals surface area contributed by atoms with Gasteiger partial charge in [0.15, 0.2) is 5.78 Å². The largest absolute Gasteiger partial charge is 0.325 e. The molecule has 1 aliphatic rings. The molecule has 1 atom stereocenters. The molecule has 1 fully saturated rings. The molecule has 2 aromatic rings. The first kappa shape index (κ1) is 22.1. The van der Waals surface area contributed by atoms with Gasteiger partial charge in [-0.25, -0.2) is 8.42 Å². The van der Waals surface area contributed by atoms with Crippen molar-refractivity contribution in [3.05, 3.63) is 59.7 Å². The van der Waals surface area contributed by atoms with Crippen molar-refractivity contribution in [2.24, 2.45) is 0 Å². The number of amides is 1. The Morgan fingerprint density at radius 2 is 1.50 bits per heavy atom. The smallest absolute Gasteiger partial charge is 0.243 e. The lowest BCUT2D eigenvalue weighted by Gasteiger charge is -2.36. The Kier molecular flexibility index (Phi) is 6.70. The van der Waals surface area contributed by atoms with Crippen molar-refractivity contribution in [1.82, 2.24) is 9.21 Å². The number of piperazine rings is 1. The number of hydrogen-bond acceptors (Lipinski definition) is 5. The summed E-state index contributed by atoms with van der Waals surface area (Å²) < 4.78 is 27.1. The summed E-state index contributed by atoms with van der Waals surface area (Å²) in [6, 6.07) is 13.2. The number of nitrogens with zero attached hydrogens (tertiary/aromatic N) is 2. The number of sulfonamides is 1. The van der Waals surface area contributed by atoms with Crippen LogP contribution < -0.4 is 5.32 Å². The Morgan fingerprint density at radius 1 is 0.933 bits per heavy atom. The number of benzene rings is 2. The van der Waals surface area contributed by atoms with Crippen LogP contribution in [0.5, 0.6) is 0 Å². The van der Waals surface area contributed by atoms with E-state index in [0.717, 1.165) is 5.56 Å². The number of ketones is 1. The minimum Gasteiger partial charge on any atom is -0.325 e. The number of nitrogens with one attached hydrogen (secondary N) is 1. The fourth-order valence-corrected chi connectivity index (χ4v) is 4.81. The van der Waals surface area contributed by atoms with Crippen molar-refractivity contribution < 1.29 is 18.0 Å². The van der Waals surface area contributed by atoms with Gasteiger partial charge in [0.1, 0.15) is 0 Å². The predicted molar refractivity (Wildman–Crippen MR) is 116 cm³/mol. The Balaban J connectivity index is 1.57. The minimum absolute atomic E-state index is 0.0281. The summed E-state index contributed by atoms with van der Waals surface area (Å²) in [5, 5.41) is 2.85. The first-order chi connectivity index (χ1) is 14.2. The Morgan fingerprint density at radius 3 is 2.03 bits per heavy atom. The fraction of sp³-hybridized carbons (Fsp3) is 0.364. The van der Waals surface area contributed by atoms with Crippen LogP contribution in [-0.2, 0) is 14.8 Å². The van der Waals surface area contributed by atoms with Gasteiger partial charge in [0.05, 0.1) is 10.9 Å². The molecule has 1 unspecified atom stereocenters. The third kappa shape index (κ3) is 4.95. The molecule has 0 bridgehead atoms. The summed E-state index contributed by atoms with van der Waals surface area (Å²) in [5.41, 5.74) is 2.22. The van der Waals surface area contributed by atoms with E-state index in [1.54, 1.807) is 48.5 Å². The summed E-state index contributed by atoms with van der Waals surface area (Å²) in [6.07, 6.45) is 0. The van der Waals surface area contributed by atoms with Gasteiger partial charge in [0.25, 0.3) is 0 Å². The van der Waals surface area contributed by atoms with Crippen LogP contribution in [0.4, 0.5) is 5.69 Å². The van der Waals surface area contributed by atoms with Gasteiger partial charge in [-0.2, -0.15) is 4.31 Å². The van der Waals surface area contributed by atoms with E-state index in [0.29, 0.717) is 42.3 Å². The molecule has 0 aliphatic carbocycles. The Bertz CT molecular complexity index is 1010. The highest BCUT2D eigenvalue weighted by Gasteiger charge is 2.31. The van der Waals surface area contributed by atoms with E-state index in [1.165, 1.54) is 11.2 Å². The van der Waals surface area contributed by atoms with Crippen LogP contribution in [0.2, 0.25) is 0 Å². The molecule has 1 heterocycles. The fourth-order valence-electron chi connectivity index (χ4n) is 3.39. The van der Waals surface area contributed by atoms with E-state index in [-0.39, 0.29) is 11.7 Å². The molecule has 0 saturated carbocycles. The van der Waals surface area contributed by atoms with E-state index in [1.807, 2.05) is 18.7 Å². The van der Waals surface area contributed by atoms with Crippen LogP contribution in [0.15, 0.2) is 53.4 Å². The van der Waals surface area contributed by atoms with Crippen molar-refractivity contribution in [2.75, 3.05) is 31.5 Å². The first-order valence-electron chi connectivity index (χ1n) is 9.91. The lowest BCUT2D eigenvalue weighted by molar-refractivity contribution is -0.121. The number of carbonyl (C=O) groups excluding carboxylic acids is 2. The standard InChI is InChI=1S/C22H27N3O4S/c1-16-4-10-21(11-5-16)30(28,29)25-14-12-24(13-15-25)17(2)22(27)23-20-8-6-19(7-9-20)18(3)26/h4-11,17H,12-15H2,1-3H3,(H,23,27). The molecule has 1 aliphatic heterocycles. The summed E-state index contributed by atoms with van der Waals surface area (Å²) in [5.74, 6) is -0.194. The quantitative estimate of drug-likeness (QED) is 0.713. The number of rotatable bonds is 6. The average molecular weight is 430 g/mol. The minimum atomic E-state index is -3.53. The Labute approximate surface area is 177 Å². The lowest BCUT2D eigenvalue weighted by Crippen LogP contribution is -2.53. The maximum atomic E-state index is 12.8. The van der Waals surface area contributed by atoms with Crippen molar-refractivity contribution in [3.8, 4) is 0 Å². The maximum Gasteiger partial charge on any atom is 0.243 e. The zero-order chi connectivity index (χ0) is 21.9. The second kappa shape index (κ2) is 9.07. The highest BCUT2D eigenvalue weighted by molar-refractivity contribution is 7.89. The van der Waals surface area contributed by atoms with E-state index < -0.39 is 16.1 Å². The molecule has 1 amide bonds. The molecule has 3 rings (SSSR count). The molecule has 160 valence electrons. The van der Waals surface area contributed by atoms with Crippen LogP contribution >= 0.6 is 0 Å². The van der Waals surface area contributed by atoms with E-state index in [9.17, 15) is 18.0 Å². The van der Waals surface area contributed by atoms with Gasteiger partial charge in [-0.3, -0.25) is 14.5 Å². The van der Waals surface area contributed by atoms with Crippen molar-refractivity contribution in [1.29, 1.82) is 0 Å². The molecule has 0 aromatic heterocycles. The molecular formula is C22H27N3O4S. The lowest BCUT2D eigenvalue weighted by atomic mass is 10.1. The second-order valence-electron chi connectivity index (χ2n) is 7.55. The number of Topliss-reactive ketones (excluding diaryl/α,β-unsaturated/α-hetero) is 1. The average Bonchev–Trinajstić information content (AvgIpc) is 2.74. The number of anilines is 1. The molecule has 7 nitrogen and oxygen atoms in total. The third-order valence-corrected chi connectivity index (χ3v) is 7.33. The maximum absolute atomic E-state index is 12.8. The SMILES string of the molecule is CC(=O)c1ccc(NC(=O)C(C)N2CCN(S(=O)(=O)c3ccc(C)cc3)CC2)cc1. The monoisotopic (exact) mass is 429 g/mol. The normalized spacial score (nSPS) is 16.8. The number of aryl methyl sites for hydroxylation is 1. The van der Waals surface area contributed by atoms with Crippen molar-refractivity contribution in [3.63, 3.8) is 0 Å². The van der Waals surface area contributed by atoms with Crippen LogP contribution in [0.1, 0.15) is 29.8 Å². The van der Waals surface area contributed by atoms with Gasteiger partial charge in [0.2, 0.25) is 15.9 Å². The van der Waals surface area contributed by atoms with Gasteiger partial charge in [-0.05, 0) is 57.2 Å². The van der Waals surface area contributed by atoms with E-state index in [4.69, 9.17) is 0 Å². The Hall–Kier alpha value is -2.55. The van der Waals surface area contributed by atoms with Gasteiger partial charge < -0.3 is 5.32 Å². The van der Waals surface area contributed by atoms with Crippen molar-refractivity contribution >= 4 is 27.4 Å². The molecule has 2 aromatic carbocycles. The summed E-state index contributed by atoms with van der Waals surface area (Å²) >= 11 is 0. The van der Waals surface area contributed by atoms with Gasteiger partial charge in [0, 0.05) is 37.4 Å². The van der Waals surface area contributed by atoms with Crippen LogP contribution in [0.3, 0.4) is 0 Å². The molecule has 0 spiro atoms. The zero-order valence-electron chi connectivity index (χ0n) is 17.5. The topological polar surface area (TPSA) is 86.8 Å². The van der Waals surface area contributed by atoms with Gasteiger partial charge in [-0.1, -0.05) is 17.7 Å². The van der Waals surface area contributed by atoms with Gasteiger partial charge in [-0.15, -0.1) is 0 Å². The molecule has 1 N–H and O–H groups in total. The highest BCUT2D eigenvalue weighted by Crippen LogP contribution is 2.19. The zero-order valence-corrected chi connectivity index (χ0v) is 18.3. The molecule has 30 heavy (non-hydrogen) atoms. The van der Waals surface area contributed by atoms with Crippen molar-refractivity contribution in [2.45, 2.75) is 31.7 Å². The first-order valence-corrected chi connectivity index (χ1v) is 11.4. The van der Waals surface area contributed by atoms with E-state index >= 15 is 0 Å². The molecular weight excluding hydrogens is 402 g/mol. The number of hydrogen-bond donors (Lipinski definition) is 1. The summed E-state index contributed by atoms with van der Waals surface area (Å²) in [6.45, 7) is 6.84. The predicted octanol–water partition coefficient (Wildman–Crippen LogP) is 2.53. The van der Waals surface area contributed by atoms with Crippen LogP contribution in [0, 0.1) is 6.92 Å². The van der Waals surface area contributed by atoms with Crippen LogP contribution in [0.25, 0.3) is 0 Å². The summed E-state index contributed by atoms with van der Waals surface area (Å²) in [4.78, 5) is 26.2. The van der Waals surface area contributed by atoms with Crippen LogP contribution in [-0.4, -0.2) is 61.5 Å². The molecule has 8 heteroatoms. The molecule has 1 saturated heterocycles. The summed E-state index contributed by atoms with van der Waals surface area (Å²) in [7, 11) is -3.53. The van der Waals surface area contributed by atoms with Gasteiger partial charge >= 0.3 is 0 Å². The molecule has 0 radical (unpaired) electrons. The second-order valence-corrected chi connectivity index (χ2v) is 9.49. The number of carbonyl (C=O) groups is 2.